The Bertz CT molecular complexity index is 614. The van der Waals surface area contributed by atoms with Crippen molar-refractivity contribution in [3.8, 4) is 5.88 Å². The smallest absolute Gasteiger partial charge is 0.335 e. The van der Waals surface area contributed by atoms with Crippen molar-refractivity contribution in [2.75, 3.05) is 6.61 Å². The van der Waals surface area contributed by atoms with Crippen LogP contribution in [-0.4, -0.2) is 22.7 Å². The number of ether oxygens (including phenoxy) is 1. The van der Waals surface area contributed by atoms with E-state index in [4.69, 9.17) is 9.84 Å². The van der Waals surface area contributed by atoms with Crippen molar-refractivity contribution in [2.24, 2.45) is 0 Å². The highest BCUT2D eigenvalue weighted by atomic mass is 16.5. The first-order valence-corrected chi connectivity index (χ1v) is 6.80. The average molecular weight is 286 g/mol. The van der Waals surface area contributed by atoms with Gasteiger partial charge in [0.1, 0.15) is 0 Å². The van der Waals surface area contributed by atoms with Gasteiger partial charge in [-0.2, -0.15) is 0 Å². The molecule has 5 heteroatoms. The minimum Gasteiger partial charge on any atom is -0.478 e. The summed E-state index contributed by atoms with van der Waals surface area (Å²) in [5.41, 5.74) is 2.20. The lowest BCUT2D eigenvalue weighted by molar-refractivity contribution is 0.0696. The number of pyridine rings is 1. The lowest BCUT2D eigenvalue weighted by Crippen LogP contribution is -2.14. The van der Waals surface area contributed by atoms with Gasteiger partial charge in [0.05, 0.1) is 12.2 Å². The van der Waals surface area contributed by atoms with Gasteiger partial charge in [0, 0.05) is 24.8 Å². The fourth-order valence-electron chi connectivity index (χ4n) is 1.98. The predicted octanol–water partition coefficient (Wildman–Crippen LogP) is 2.47. The van der Waals surface area contributed by atoms with Crippen LogP contribution in [0.25, 0.3) is 0 Å². The first-order chi connectivity index (χ1) is 10.2. The lowest BCUT2D eigenvalue weighted by Gasteiger charge is -2.10. The zero-order valence-electron chi connectivity index (χ0n) is 11.9. The number of nitrogens with zero attached hydrogens (tertiary/aromatic N) is 1. The molecule has 2 N–H and O–H groups in total. The number of hydrogen-bond donors (Lipinski definition) is 2. The van der Waals surface area contributed by atoms with Gasteiger partial charge in [-0.25, -0.2) is 9.78 Å². The third-order valence-corrected chi connectivity index (χ3v) is 2.95. The Labute approximate surface area is 123 Å². The molecule has 2 rings (SSSR count). The highest BCUT2D eigenvalue weighted by Gasteiger charge is 2.05. The first-order valence-electron chi connectivity index (χ1n) is 6.80. The van der Waals surface area contributed by atoms with Crippen molar-refractivity contribution >= 4 is 5.97 Å². The maximum atomic E-state index is 10.9. The minimum absolute atomic E-state index is 0.297. The first kappa shape index (κ1) is 15.0. The summed E-state index contributed by atoms with van der Waals surface area (Å²) in [5, 5.41) is 12.2. The minimum atomic E-state index is -0.914. The van der Waals surface area contributed by atoms with E-state index in [1.807, 2.05) is 25.1 Å². The molecule has 0 fully saturated rings. The van der Waals surface area contributed by atoms with Crippen LogP contribution < -0.4 is 10.1 Å². The van der Waals surface area contributed by atoms with Crippen molar-refractivity contribution in [1.29, 1.82) is 0 Å². The molecule has 0 amide bonds. The maximum absolute atomic E-state index is 10.9. The zero-order chi connectivity index (χ0) is 15.1. The van der Waals surface area contributed by atoms with E-state index in [-0.39, 0.29) is 0 Å². The molecule has 0 bridgehead atoms. The summed E-state index contributed by atoms with van der Waals surface area (Å²) in [7, 11) is 0. The molecule has 1 aromatic heterocycles. The Hall–Kier alpha value is -2.40. The van der Waals surface area contributed by atoms with Gasteiger partial charge in [-0.05, 0) is 30.7 Å². The Morgan fingerprint density at radius 2 is 2.14 bits per heavy atom. The molecule has 0 aliphatic heterocycles. The van der Waals surface area contributed by atoms with Crippen LogP contribution >= 0.6 is 0 Å². The molecule has 0 saturated carbocycles. The van der Waals surface area contributed by atoms with Gasteiger partial charge in [-0.3, -0.25) is 0 Å². The van der Waals surface area contributed by atoms with Crippen molar-refractivity contribution in [2.45, 2.75) is 20.0 Å². The van der Waals surface area contributed by atoms with E-state index in [1.165, 1.54) is 0 Å². The van der Waals surface area contributed by atoms with Crippen molar-refractivity contribution in [1.82, 2.24) is 10.3 Å². The molecule has 0 aliphatic rings. The van der Waals surface area contributed by atoms with Crippen molar-refractivity contribution < 1.29 is 14.6 Å². The number of rotatable bonds is 7. The van der Waals surface area contributed by atoms with Crippen LogP contribution in [0.1, 0.15) is 28.4 Å². The highest BCUT2D eigenvalue weighted by Crippen LogP contribution is 2.14. The fourth-order valence-corrected chi connectivity index (χ4v) is 1.98. The highest BCUT2D eigenvalue weighted by molar-refractivity contribution is 5.87. The van der Waals surface area contributed by atoms with Crippen LogP contribution in [0.4, 0.5) is 0 Å². The quantitative estimate of drug-likeness (QED) is 0.818. The largest absolute Gasteiger partial charge is 0.478 e. The molecule has 1 heterocycles. The Balaban J connectivity index is 1.95. The van der Waals surface area contributed by atoms with Crippen LogP contribution in [0.3, 0.4) is 0 Å². The van der Waals surface area contributed by atoms with Gasteiger partial charge in [0.25, 0.3) is 0 Å². The maximum Gasteiger partial charge on any atom is 0.335 e. The van der Waals surface area contributed by atoms with E-state index in [0.29, 0.717) is 31.1 Å². The molecule has 1 aromatic carbocycles. The van der Waals surface area contributed by atoms with Gasteiger partial charge in [0.15, 0.2) is 0 Å². The molecule has 0 radical (unpaired) electrons. The monoisotopic (exact) mass is 286 g/mol. The molecule has 0 saturated heterocycles. The Morgan fingerprint density at radius 1 is 1.29 bits per heavy atom. The van der Waals surface area contributed by atoms with E-state index in [0.717, 1.165) is 11.1 Å². The summed E-state index contributed by atoms with van der Waals surface area (Å²) in [6, 6.07) is 10.7. The number of aromatic carboxylic acids is 1. The molecule has 0 unspecified atom stereocenters. The van der Waals surface area contributed by atoms with Gasteiger partial charge >= 0.3 is 5.97 Å². The zero-order valence-corrected chi connectivity index (χ0v) is 11.9. The summed E-state index contributed by atoms with van der Waals surface area (Å²) >= 11 is 0. The summed E-state index contributed by atoms with van der Waals surface area (Å²) in [6.07, 6.45) is 1.70. The van der Waals surface area contributed by atoms with E-state index < -0.39 is 5.97 Å². The van der Waals surface area contributed by atoms with Gasteiger partial charge in [-0.1, -0.05) is 18.2 Å². The normalized spacial score (nSPS) is 10.3. The van der Waals surface area contributed by atoms with Crippen LogP contribution in [0.15, 0.2) is 42.6 Å². The number of aromatic nitrogens is 1. The summed E-state index contributed by atoms with van der Waals surface area (Å²) in [6.45, 7) is 3.69. The number of nitrogens with one attached hydrogen (secondary N) is 1. The van der Waals surface area contributed by atoms with E-state index in [2.05, 4.69) is 10.3 Å². The molecule has 5 nitrogen and oxygen atoms in total. The second-order valence-corrected chi connectivity index (χ2v) is 4.51. The summed E-state index contributed by atoms with van der Waals surface area (Å²) in [5.74, 6) is -0.283. The number of carboxylic acids is 1. The SMILES string of the molecule is CCOc1ncccc1CNCc1cccc(C(=O)O)c1. The van der Waals surface area contributed by atoms with E-state index in [1.54, 1.807) is 24.4 Å². The van der Waals surface area contributed by atoms with Crippen LogP contribution in [0, 0.1) is 0 Å². The number of carboxylic acid groups (broad SMARTS) is 1. The fraction of sp³-hybridized carbons (Fsp3) is 0.250. The predicted molar refractivity (Wildman–Crippen MR) is 79.4 cm³/mol. The molecule has 110 valence electrons. The number of benzene rings is 1. The van der Waals surface area contributed by atoms with Gasteiger partial charge in [0.2, 0.25) is 5.88 Å². The number of carbonyl (C=O) groups is 1. The summed E-state index contributed by atoms with van der Waals surface area (Å²) < 4.78 is 5.46. The molecule has 0 aliphatic carbocycles. The summed E-state index contributed by atoms with van der Waals surface area (Å²) in [4.78, 5) is 15.1. The lowest BCUT2D eigenvalue weighted by atomic mass is 10.1. The molecular formula is C16H18N2O3. The second kappa shape index (κ2) is 7.40. The Morgan fingerprint density at radius 3 is 2.90 bits per heavy atom. The van der Waals surface area contributed by atoms with Gasteiger partial charge < -0.3 is 15.2 Å². The third-order valence-electron chi connectivity index (χ3n) is 2.95. The van der Waals surface area contributed by atoms with Crippen molar-refractivity contribution in [3.63, 3.8) is 0 Å². The van der Waals surface area contributed by atoms with Crippen LogP contribution in [0.5, 0.6) is 5.88 Å². The molecule has 2 aromatic rings. The van der Waals surface area contributed by atoms with E-state index >= 15 is 0 Å². The Kier molecular flexibility index (Phi) is 5.29. The van der Waals surface area contributed by atoms with Crippen molar-refractivity contribution in [3.05, 3.63) is 59.3 Å². The van der Waals surface area contributed by atoms with E-state index in [9.17, 15) is 4.79 Å². The standard InChI is InChI=1S/C16H18N2O3/c1-2-21-15-14(7-4-8-18-15)11-17-10-12-5-3-6-13(9-12)16(19)20/h3-9,17H,2,10-11H2,1H3,(H,19,20). The molecule has 0 spiro atoms. The van der Waals surface area contributed by atoms with Gasteiger partial charge in [-0.15, -0.1) is 0 Å². The molecule has 21 heavy (non-hydrogen) atoms. The second-order valence-electron chi connectivity index (χ2n) is 4.51. The third kappa shape index (κ3) is 4.29. The molecule has 0 atom stereocenters. The molecular weight excluding hydrogens is 268 g/mol. The topological polar surface area (TPSA) is 71.5 Å². The average Bonchev–Trinajstić information content (AvgIpc) is 2.49. The van der Waals surface area contributed by atoms with Crippen LogP contribution in [0.2, 0.25) is 0 Å². The number of hydrogen-bond acceptors (Lipinski definition) is 4. The van der Waals surface area contributed by atoms with Crippen LogP contribution in [-0.2, 0) is 13.1 Å².